The van der Waals surface area contributed by atoms with E-state index in [1.54, 1.807) is 30.3 Å². The number of rotatable bonds is 2. The van der Waals surface area contributed by atoms with Crippen LogP contribution in [0.4, 0.5) is 5.69 Å². The van der Waals surface area contributed by atoms with E-state index in [4.69, 9.17) is 5.26 Å². The van der Waals surface area contributed by atoms with Crippen LogP contribution in [0.3, 0.4) is 0 Å². The van der Waals surface area contributed by atoms with Crippen molar-refractivity contribution in [2.45, 2.75) is 6.04 Å². The highest BCUT2D eigenvalue weighted by molar-refractivity contribution is 7.94. The van der Waals surface area contributed by atoms with Crippen LogP contribution in [0.2, 0.25) is 0 Å². The molecule has 1 aliphatic rings. The van der Waals surface area contributed by atoms with E-state index in [-0.39, 0.29) is 11.8 Å². The predicted molar refractivity (Wildman–Crippen MR) is 61.5 cm³/mol. The number of sulfone groups is 1. The molecule has 5 heteroatoms. The van der Waals surface area contributed by atoms with Crippen molar-refractivity contribution in [1.29, 1.82) is 5.26 Å². The highest BCUT2D eigenvalue weighted by atomic mass is 32.2. The minimum absolute atomic E-state index is 0.0732. The van der Waals surface area contributed by atoms with Gasteiger partial charge in [0.15, 0.2) is 9.84 Å². The van der Waals surface area contributed by atoms with Crippen LogP contribution in [-0.2, 0) is 9.84 Å². The van der Waals surface area contributed by atoms with Gasteiger partial charge in [0.25, 0.3) is 0 Å². The van der Waals surface area contributed by atoms with Gasteiger partial charge in [-0.1, -0.05) is 12.1 Å². The first-order valence-corrected chi connectivity index (χ1v) is 6.48. The molecule has 1 aromatic carbocycles. The van der Waals surface area contributed by atoms with Gasteiger partial charge >= 0.3 is 0 Å². The van der Waals surface area contributed by atoms with E-state index in [1.165, 1.54) is 5.41 Å². The summed E-state index contributed by atoms with van der Waals surface area (Å²) in [5.74, 6) is 0.0732. The average Bonchev–Trinajstić information content (AvgIpc) is 2.58. The number of hydrogen-bond acceptors (Lipinski definition) is 4. The van der Waals surface area contributed by atoms with Crippen molar-refractivity contribution in [2.24, 2.45) is 0 Å². The van der Waals surface area contributed by atoms with Crippen molar-refractivity contribution in [2.75, 3.05) is 11.1 Å². The Balaban J connectivity index is 2.12. The van der Waals surface area contributed by atoms with Gasteiger partial charge in [0.2, 0.25) is 0 Å². The van der Waals surface area contributed by atoms with E-state index in [2.05, 4.69) is 5.32 Å². The molecule has 0 fully saturated rings. The zero-order chi connectivity index (χ0) is 11.6. The van der Waals surface area contributed by atoms with Crippen LogP contribution in [0.15, 0.2) is 35.7 Å². The minimum Gasteiger partial charge on any atom is -0.378 e. The number of hydrogen-bond donors (Lipinski definition) is 1. The third-order valence-corrected chi connectivity index (χ3v) is 3.67. The maximum atomic E-state index is 11.2. The Morgan fingerprint density at radius 3 is 2.88 bits per heavy atom. The highest BCUT2D eigenvalue weighted by Crippen LogP contribution is 2.16. The quantitative estimate of drug-likeness (QED) is 0.836. The molecule has 0 aliphatic carbocycles. The van der Waals surface area contributed by atoms with Gasteiger partial charge in [-0.25, -0.2) is 8.42 Å². The summed E-state index contributed by atoms with van der Waals surface area (Å²) in [6.45, 7) is 0. The van der Waals surface area contributed by atoms with Crippen LogP contribution in [-0.4, -0.2) is 20.2 Å². The molecule has 1 N–H and O–H groups in total. The van der Waals surface area contributed by atoms with Crippen LogP contribution in [0, 0.1) is 11.3 Å². The molecule has 0 aromatic heterocycles. The lowest BCUT2D eigenvalue weighted by molar-refractivity contribution is 0.605. The maximum Gasteiger partial charge on any atom is 0.173 e. The van der Waals surface area contributed by atoms with Gasteiger partial charge in [-0.15, -0.1) is 0 Å². The van der Waals surface area contributed by atoms with Crippen molar-refractivity contribution in [3.05, 3.63) is 41.3 Å². The lowest BCUT2D eigenvalue weighted by Gasteiger charge is -2.11. The van der Waals surface area contributed by atoms with Crippen LogP contribution < -0.4 is 5.32 Å². The van der Waals surface area contributed by atoms with Crippen LogP contribution in [0.1, 0.15) is 5.56 Å². The molecule has 1 aliphatic heterocycles. The monoisotopic (exact) mass is 234 g/mol. The predicted octanol–water partition coefficient (Wildman–Crippen LogP) is 1.28. The largest absolute Gasteiger partial charge is 0.378 e. The van der Waals surface area contributed by atoms with E-state index in [1.807, 2.05) is 6.07 Å². The Bertz CT molecular complexity index is 570. The molecule has 1 unspecified atom stereocenters. The van der Waals surface area contributed by atoms with Gasteiger partial charge in [0, 0.05) is 11.1 Å². The fraction of sp³-hybridized carbons (Fsp3) is 0.182. The molecule has 0 spiro atoms. The summed E-state index contributed by atoms with van der Waals surface area (Å²) in [6.07, 6.45) is 1.62. The zero-order valence-electron chi connectivity index (χ0n) is 8.42. The normalized spacial score (nSPS) is 21.6. The molecular weight excluding hydrogens is 224 g/mol. The summed E-state index contributed by atoms with van der Waals surface area (Å²) < 4.78 is 22.4. The second kappa shape index (κ2) is 3.99. The Kier molecular flexibility index (Phi) is 2.67. The molecule has 1 atom stereocenters. The van der Waals surface area contributed by atoms with Crippen molar-refractivity contribution in [3.63, 3.8) is 0 Å². The molecule has 1 heterocycles. The Morgan fingerprint density at radius 2 is 2.25 bits per heavy atom. The second-order valence-corrected chi connectivity index (χ2v) is 5.53. The van der Waals surface area contributed by atoms with Gasteiger partial charge in [0.05, 0.1) is 23.4 Å². The first-order chi connectivity index (χ1) is 7.59. The summed E-state index contributed by atoms with van der Waals surface area (Å²) in [5.41, 5.74) is 1.31. The van der Waals surface area contributed by atoms with Crippen molar-refractivity contribution in [3.8, 4) is 6.07 Å². The molecule has 82 valence electrons. The van der Waals surface area contributed by atoms with Crippen LogP contribution >= 0.6 is 0 Å². The Morgan fingerprint density at radius 1 is 1.44 bits per heavy atom. The Hall–Kier alpha value is -1.80. The smallest absolute Gasteiger partial charge is 0.173 e. The standard InChI is InChI=1S/C11H10N2O2S/c12-7-9-2-1-3-10(6-9)13-11-4-5-16(14,15)8-11/h1-6,11,13H,8H2. The number of nitrogens with zero attached hydrogens (tertiary/aromatic N) is 1. The number of anilines is 1. The molecule has 0 saturated carbocycles. The summed E-state index contributed by atoms with van der Waals surface area (Å²) >= 11 is 0. The first-order valence-electron chi connectivity index (χ1n) is 4.77. The summed E-state index contributed by atoms with van der Waals surface area (Å²) in [7, 11) is -3.04. The molecule has 0 amide bonds. The summed E-state index contributed by atoms with van der Waals surface area (Å²) in [5, 5.41) is 13.0. The fourth-order valence-corrected chi connectivity index (χ4v) is 2.79. The second-order valence-electron chi connectivity index (χ2n) is 3.60. The van der Waals surface area contributed by atoms with E-state index in [9.17, 15) is 8.42 Å². The fourth-order valence-electron chi connectivity index (χ4n) is 1.56. The van der Waals surface area contributed by atoms with E-state index >= 15 is 0 Å². The summed E-state index contributed by atoms with van der Waals surface area (Å²) in [4.78, 5) is 0. The number of benzene rings is 1. The minimum atomic E-state index is -3.04. The van der Waals surface area contributed by atoms with Gasteiger partial charge in [-0.3, -0.25) is 0 Å². The van der Waals surface area contributed by atoms with Gasteiger partial charge in [-0.05, 0) is 18.2 Å². The maximum absolute atomic E-state index is 11.2. The third-order valence-electron chi connectivity index (χ3n) is 2.27. The van der Waals surface area contributed by atoms with Gasteiger partial charge in [0.1, 0.15) is 0 Å². The molecule has 16 heavy (non-hydrogen) atoms. The van der Waals surface area contributed by atoms with Crippen LogP contribution in [0.5, 0.6) is 0 Å². The van der Waals surface area contributed by atoms with Gasteiger partial charge in [-0.2, -0.15) is 5.26 Å². The van der Waals surface area contributed by atoms with E-state index < -0.39 is 9.84 Å². The zero-order valence-corrected chi connectivity index (χ0v) is 9.24. The number of nitriles is 1. The van der Waals surface area contributed by atoms with Crippen LogP contribution in [0.25, 0.3) is 0 Å². The lowest BCUT2D eigenvalue weighted by Crippen LogP contribution is -2.20. The van der Waals surface area contributed by atoms with Crippen molar-refractivity contribution < 1.29 is 8.42 Å². The molecule has 4 nitrogen and oxygen atoms in total. The first kappa shape index (κ1) is 10.7. The lowest BCUT2D eigenvalue weighted by atomic mass is 10.2. The van der Waals surface area contributed by atoms with Crippen molar-refractivity contribution in [1.82, 2.24) is 0 Å². The van der Waals surface area contributed by atoms with Gasteiger partial charge < -0.3 is 5.32 Å². The average molecular weight is 234 g/mol. The molecule has 2 rings (SSSR count). The molecular formula is C11H10N2O2S. The Labute approximate surface area is 94.1 Å². The topological polar surface area (TPSA) is 70.0 Å². The van der Waals surface area contributed by atoms with E-state index in [0.29, 0.717) is 5.56 Å². The summed E-state index contributed by atoms with van der Waals surface area (Å²) in [6, 6.07) is 8.78. The molecule has 0 bridgehead atoms. The highest BCUT2D eigenvalue weighted by Gasteiger charge is 2.21. The van der Waals surface area contributed by atoms with Crippen molar-refractivity contribution >= 4 is 15.5 Å². The van der Waals surface area contributed by atoms with E-state index in [0.717, 1.165) is 5.69 Å². The third kappa shape index (κ3) is 2.41. The molecule has 1 aromatic rings. The number of nitrogens with one attached hydrogen (secondary N) is 1. The SMILES string of the molecule is N#Cc1cccc(NC2C=CS(=O)(=O)C2)c1. The molecule has 0 radical (unpaired) electrons. The molecule has 0 saturated heterocycles.